The van der Waals surface area contributed by atoms with Crippen LogP contribution in [0.25, 0.3) is 12.2 Å². The highest BCUT2D eigenvalue weighted by atomic mass is 16.6. The summed E-state index contributed by atoms with van der Waals surface area (Å²) in [6, 6.07) is 4.58. The van der Waals surface area contributed by atoms with Gasteiger partial charge < -0.3 is 0 Å². The van der Waals surface area contributed by atoms with Crippen molar-refractivity contribution in [3.8, 4) is 0 Å². The zero-order valence-corrected chi connectivity index (χ0v) is 11.4. The second kappa shape index (κ2) is 6.39. The molecule has 0 aliphatic heterocycles. The number of nitrogens with zero attached hydrogens (tertiary/aromatic N) is 4. The van der Waals surface area contributed by atoms with Gasteiger partial charge >= 0.3 is 0 Å². The van der Waals surface area contributed by atoms with Crippen LogP contribution in [-0.2, 0) is 0 Å². The van der Waals surface area contributed by atoms with Gasteiger partial charge in [0.05, 0.1) is 26.9 Å². The summed E-state index contributed by atoms with van der Waals surface area (Å²) in [5, 5.41) is 33.0. The van der Waals surface area contributed by atoms with E-state index >= 15 is 0 Å². The Labute approximate surface area is 128 Å². The van der Waals surface area contributed by atoms with Crippen molar-refractivity contribution in [2.75, 3.05) is 0 Å². The normalized spacial score (nSPS) is 10.6. The number of hydrogen-bond donors (Lipinski definition) is 0. The van der Waals surface area contributed by atoms with Crippen LogP contribution in [0, 0.1) is 30.3 Å². The fourth-order valence-corrected chi connectivity index (χ4v) is 1.84. The summed E-state index contributed by atoms with van der Waals surface area (Å²) in [7, 11) is 0. The number of benzene rings is 1. The van der Waals surface area contributed by atoms with E-state index in [-0.39, 0.29) is 5.56 Å². The van der Waals surface area contributed by atoms with Crippen molar-refractivity contribution in [1.29, 1.82) is 0 Å². The fraction of sp³-hybridized carbons (Fsp3) is 0. The van der Waals surface area contributed by atoms with Crippen LogP contribution in [0.15, 0.2) is 36.7 Å². The van der Waals surface area contributed by atoms with Crippen molar-refractivity contribution in [2.45, 2.75) is 0 Å². The molecular weight excluding hydrogens is 308 g/mol. The van der Waals surface area contributed by atoms with Gasteiger partial charge in [-0.1, -0.05) is 6.08 Å². The summed E-state index contributed by atoms with van der Waals surface area (Å²) < 4.78 is 0. The standard InChI is InChI=1S/C13H8N4O6/c18-15(19)10-7-12(16(20)21)11(13(8-10)17(22)23)2-1-9-3-5-14-6-4-9/h1-8H/b2-1+. The number of hydrogen-bond acceptors (Lipinski definition) is 7. The van der Waals surface area contributed by atoms with E-state index in [2.05, 4.69) is 4.98 Å². The molecule has 0 atom stereocenters. The Hall–Kier alpha value is -3.69. The Balaban J connectivity index is 2.64. The highest BCUT2D eigenvalue weighted by molar-refractivity contribution is 5.80. The average Bonchev–Trinajstić information content (AvgIpc) is 2.52. The molecule has 0 amide bonds. The molecule has 0 saturated heterocycles. The van der Waals surface area contributed by atoms with Gasteiger partial charge in [-0.2, -0.15) is 0 Å². The average molecular weight is 316 g/mol. The van der Waals surface area contributed by atoms with Crippen LogP contribution in [0.5, 0.6) is 0 Å². The van der Waals surface area contributed by atoms with Crippen LogP contribution < -0.4 is 0 Å². The number of rotatable bonds is 5. The first-order chi connectivity index (χ1) is 10.9. The highest BCUT2D eigenvalue weighted by Gasteiger charge is 2.28. The number of nitro groups is 3. The molecule has 0 unspecified atom stereocenters. The first-order valence-electron chi connectivity index (χ1n) is 6.09. The predicted octanol–water partition coefficient (Wildman–Crippen LogP) is 2.98. The summed E-state index contributed by atoms with van der Waals surface area (Å²) in [6.07, 6.45) is 5.56. The van der Waals surface area contributed by atoms with Gasteiger partial charge in [-0.15, -0.1) is 0 Å². The molecule has 2 aromatic rings. The van der Waals surface area contributed by atoms with Gasteiger partial charge in [0.1, 0.15) is 5.56 Å². The van der Waals surface area contributed by atoms with Gasteiger partial charge in [-0.3, -0.25) is 35.3 Å². The zero-order chi connectivity index (χ0) is 17.0. The summed E-state index contributed by atoms with van der Waals surface area (Å²) in [5.74, 6) is 0. The maximum Gasteiger partial charge on any atom is 0.290 e. The van der Waals surface area contributed by atoms with Crippen LogP contribution in [0.1, 0.15) is 11.1 Å². The van der Waals surface area contributed by atoms with Gasteiger partial charge in [0.25, 0.3) is 17.1 Å². The number of nitro benzene ring substituents is 3. The monoisotopic (exact) mass is 316 g/mol. The first kappa shape index (κ1) is 15.7. The molecule has 0 bridgehead atoms. The molecule has 116 valence electrons. The summed E-state index contributed by atoms with van der Waals surface area (Å²) >= 11 is 0. The SMILES string of the molecule is O=[N+]([O-])c1cc([N+](=O)[O-])c(/C=C/c2ccncc2)c([N+](=O)[O-])c1. The van der Waals surface area contributed by atoms with E-state index in [4.69, 9.17) is 0 Å². The minimum absolute atomic E-state index is 0.317. The van der Waals surface area contributed by atoms with Crippen molar-refractivity contribution in [3.63, 3.8) is 0 Å². The number of non-ortho nitro benzene ring substituents is 1. The van der Waals surface area contributed by atoms with E-state index in [0.29, 0.717) is 17.7 Å². The molecule has 1 aromatic carbocycles. The third kappa shape index (κ3) is 3.50. The van der Waals surface area contributed by atoms with E-state index in [0.717, 1.165) is 0 Å². The first-order valence-corrected chi connectivity index (χ1v) is 6.09. The lowest BCUT2D eigenvalue weighted by molar-refractivity contribution is -0.403. The van der Waals surface area contributed by atoms with Gasteiger partial charge in [0, 0.05) is 12.4 Å². The topological polar surface area (TPSA) is 142 Å². The third-order valence-corrected chi connectivity index (χ3v) is 2.87. The number of aromatic nitrogens is 1. The predicted molar refractivity (Wildman–Crippen MR) is 79.6 cm³/mol. The molecule has 0 N–H and O–H groups in total. The second-order valence-electron chi connectivity index (χ2n) is 4.28. The zero-order valence-electron chi connectivity index (χ0n) is 11.4. The molecule has 10 nitrogen and oxygen atoms in total. The van der Waals surface area contributed by atoms with E-state index in [1.54, 1.807) is 12.1 Å². The van der Waals surface area contributed by atoms with E-state index < -0.39 is 31.8 Å². The largest absolute Gasteiger partial charge is 0.290 e. The molecule has 0 aliphatic carbocycles. The quantitative estimate of drug-likeness (QED) is 0.609. The van der Waals surface area contributed by atoms with Crippen LogP contribution in [-0.4, -0.2) is 19.8 Å². The summed E-state index contributed by atoms with van der Waals surface area (Å²) in [4.78, 5) is 34.1. The molecule has 0 radical (unpaired) electrons. The molecule has 0 spiro atoms. The smallest absolute Gasteiger partial charge is 0.265 e. The summed E-state index contributed by atoms with van der Waals surface area (Å²) in [5.41, 5.74) is -1.85. The molecule has 0 saturated carbocycles. The van der Waals surface area contributed by atoms with Crippen LogP contribution in [0.2, 0.25) is 0 Å². The van der Waals surface area contributed by atoms with Gasteiger partial charge in [-0.05, 0) is 23.8 Å². The Bertz CT molecular complexity index is 783. The minimum Gasteiger partial charge on any atom is -0.265 e. The second-order valence-corrected chi connectivity index (χ2v) is 4.28. The fourth-order valence-electron chi connectivity index (χ4n) is 1.84. The lowest BCUT2D eigenvalue weighted by Gasteiger charge is -2.01. The van der Waals surface area contributed by atoms with E-state index in [1.807, 2.05) is 0 Å². The molecule has 1 heterocycles. The Morgan fingerprint density at radius 2 is 1.35 bits per heavy atom. The maximum absolute atomic E-state index is 11.1. The number of pyridine rings is 1. The third-order valence-electron chi connectivity index (χ3n) is 2.87. The molecule has 1 aromatic heterocycles. The lowest BCUT2D eigenvalue weighted by atomic mass is 10.1. The minimum atomic E-state index is -0.920. The Morgan fingerprint density at radius 3 is 1.78 bits per heavy atom. The van der Waals surface area contributed by atoms with Crippen molar-refractivity contribution in [3.05, 3.63) is 78.1 Å². The van der Waals surface area contributed by atoms with Crippen LogP contribution in [0.3, 0.4) is 0 Å². The van der Waals surface area contributed by atoms with Crippen LogP contribution >= 0.6 is 0 Å². The molecule has 10 heteroatoms. The molecule has 0 aliphatic rings. The summed E-state index contributed by atoms with van der Waals surface area (Å²) in [6.45, 7) is 0. The van der Waals surface area contributed by atoms with Gasteiger partial charge in [0.2, 0.25) is 0 Å². The Kier molecular flexibility index (Phi) is 4.36. The molecule has 2 rings (SSSR count). The van der Waals surface area contributed by atoms with Gasteiger partial charge in [0.15, 0.2) is 0 Å². The lowest BCUT2D eigenvalue weighted by Crippen LogP contribution is -2.00. The molecule has 23 heavy (non-hydrogen) atoms. The Morgan fingerprint density at radius 1 is 0.826 bits per heavy atom. The van der Waals surface area contributed by atoms with E-state index in [1.165, 1.54) is 24.5 Å². The van der Waals surface area contributed by atoms with Crippen molar-refractivity contribution < 1.29 is 14.8 Å². The van der Waals surface area contributed by atoms with Gasteiger partial charge in [-0.25, -0.2) is 0 Å². The molecular formula is C13H8N4O6. The maximum atomic E-state index is 11.1. The highest BCUT2D eigenvalue weighted by Crippen LogP contribution is 2.34. The van der Waals surface area contributed by atoms with E-state index in [9.17, 15) is 30.3 Å². The van der Waals surface area contributed by atoms with Crippen molar-refractivity contribution in [2.24, 2.45) is 0 Å². The van der Waals surface area contributed by atoms with Crippen LogP contribution in [0.4, 0.5) is 17.1 Å². The molecule has 0 fully saturated rings. The van der Waals surface area contributed by atoms with Crippen molar-refractivity contribution >= 4 is 29.2 Å². The van der Waals surface area contributed by atoms with Crippen molar-refractivity contribution in [1.82, 2.24) is 4.98 Å².